The summed E-state index contributed by atoms with van der Waals surface area (Å²) in [6.07, 6.45) is 1.68. The molecule has 2 heterocycles. The van der Waals surface area contributed by atoms with Gasteiger partial charge in [-0.15, -0.1) is 0 Å². The van der Waals surface area contributed by atoms with Crippen molar-refractivity contribution >= 4 is 29.6 Å². The van der Waals surface area contributed by atoms with E-state index in [1.165, 1.54) is 37.3 Å². The van der Waals surface area contributed by atoms with Gasteiger partial charge in [-0.1, -0.05) is 60.7 Å². The molecule has 190 valence electrons. The number of halogens is 1. The van der Waals surface area contributed by atoms with Gasteiger partial charge < -0.3 is 19.5 Å². The molecular weight excluding hydrogens is 484 g/mol. The Morgan fingerprint density at radius 3 is 2.50 bits per heavy atom. The van der Waals surface area contributed by atoms with Crippen molar-refractivity contribution in [1.82, 2.24) is 9.80 Å². The van der Waals surface area contributed by atoms with Gasteiger partial charge in [0.1, 0.15) is 13.2 Å². The van der Waals surface area contributed by atoms with Crippen molar-refractivity contribution in [3.8, 4) is 0 Å². The first-order valence-electron chi connectivity index (χ1n) is 11.8. The standard InChI is InChI=1S/C27H29ClN2O6/c1-3-16-35-25(34)30(26(2,24(32)33)20-8-10-21(28)11-9-20)17-23(31)29-14-12-27(13-15-29)22-7-5-4-6-19(22)18-36-27/h3-11H,1,12-18H2,2H3,(H,32,33)/t26-/m1/s1. The van der Waals surface area contributed by atoms with Crippen LogP contribution < -0.4 is 0 Å². The van der Waals surface area contributed by atoms with Gasteiger partial charge in [-0.3, -0.25) is 9.69 Å². The Morgan fingerprint density at radius 1 is 1.19 bits per heavy atom. The molecule has 8 nitrogen and oxygen atoms in total. The Morgan fingerprint density at radius 2 is 1.86 bits per heavy atom. The van der Waals surface area contributed by atoms with Crippen LogP contribution in [0.4, 0.5) is 4.79 Å². The number of amides is 2. The molecule has 4 rings (SSSR count). The Hall–Kier alpha value is -3.36. The van der Waals surface area contributed by atoms with Crippen LogP contribution in [0.5, 0.6) is 0 Å². The highest BCUT2D eigenvalue weighted by atomic mass is 35.5. The van der Waals surface area contributed by atoms with E-state index in [4.69, 9.17) is 21.1 Å². The highest BCUT2D eigenvalue weighted by Gasteiger charge is 2.48. The number of benzene rings is 2. The van der Waals surface area contributed by atoms with Crippen LogP contribution in [0.3, 0.4) is 0 Å². The van der Waals surface area contributed by atoms with Gasteiger partial charge in [0.15, 0.2) is 5.54 Å². The third-order valence-corrected chi connectivity index (χ3v) is 7.39. The van der Waals surface area contributed by atoms with Crippen LogP contribution in [0.25, 0.3) is 0 Å². The molecule has 1 saturated heterocycles. The van der Waals surface area contributed by atoms with E-state index in [0.717, 1.165) is 16.0 Å². The van der Waals surface area contributed by atoms with E-state index in [-0.39, 0.29) is 18.1 Å². The predicted octanol–water partition coefficient (Wildman–Crippen LogP) is 4.31. The number of nitrogens with zero attached hydrogens (tertiary/aromatic N) is 2. The number of aliphatic carboxylic acids is 1. The largest absolute Gasteiger partial charge is 0.479 e. The summed E-state index contributed by atoms with van der Waals surface area (Å²) in [5, 5.41) is 10.6. The number of piperidine rings is 1. The number of carboxylic acid groups (broad SMARTS) is 1. The molecule has 2 aliphatic heterocycles. The van der Waals surface area contributed by atoms with E-state index in [2.05, 4.69) is 18.7 Å². The van der Waals surface area contributed by atoms with Gasteiger partial charge in [-0.2, -0.15) is 0 Å². The molecule has 0 aliphatic carbocycles. The fraction of sp³-hybridized carbons (Fsp3) is 0.370. The first-order valence-corrected chi connectivity index (χ1v) is 12.1. The van der Waals surface area contributed by atoms with E-state index in [1.807, 2.05) is 12.1 Å². The van der Waals surface area contributed by atoms with E-state index < -0.39 is 29.7 Å². The lowest BCUT2D eigenvalue weighted by Crippen LogP contribution is -2.57. The van der Waals surface area contributed by atoms with Crippen LogP contribution in [-0.2, 0) is 36.8 Å². The van der Waals surface area contributed by atoms with Crippen molar-refractivity contribution in [2.45, 2.75) is 37.5 Å². The predicted molar refractivity (Wildman–Crippen MR) is 133 cm³/mol. The fourth-order valence-corrected chi connectivity index (χ4v) is 5.06. The lowest BCUT2D eigenvalue weighted by Gasteiger charge is -2.41. The zero-order valence-electron chi connectivity index (χ0n) is 20.1. The molecule has 0 bridgehead atoms. The quantitative estimate of drug-likeness (QED) is 0.555. The number of fused-ring (bicyclic) bond motifs is 2. The van der Waals surface area contributed by atoms with Gasteiger partial charge in [0, 0.05) is 18.1 Å². The van der Waals surface area contributed by atoms with Gasteiger partial charge in [-0.25, -0.2) is 9.59 Å². The maximum absolute atomic E-state index is 13.4. The van der Waals surface area contributed by atoms with E-state index in [1.54, 1.807) is 4.90 Å². The number of rotatable bonds is 7. The van der Waals surface area contributed by atoms with Crippen LogP contribution in [0.1, 0.15) is 36.5 Å². The van der Waals surface area contributed by atoms with Crippen molar-refractivity contribution in [1.29, 1.82) is 0 Å². The fourth-order valence-electron chi connectivity index (χ4n) is 4.93. The Bertz CT molecular complexity index is 1160. The normalized spacial score (nSPS) is 17.7. The molecule has 0 radical (unpaired) electrons. The number of hydrogen-bond donors (Lipinski definition) is 1. The Balaban J connectivity index is 1.55. The van der Waals surface area contributed by atoms with Gasteiger partial charge in [0.2, 0.25) is 5.91 Å². The second-order valence-electron chi connectivity index (χ2n) is 9.16. The summed E-state index contributed by atoms with van der Waals surface area (Å²) >= 11 is 5.99. The molecule has 2 amide bonds. The molecule has 36 heavy (non-hydrogen) atoms. The summed E-state index contributed by atoms with van der Waals surface area (Å²) in [7, 11) is 0. The van der Waals surface area contributed by atoms with Crippen LogP contribution in [0, 0.1) is 0 Å². The third-order valence-electron chi connectivity index (χ3n) is 7.14. The van der Waals surface area contributed by atoms with Crippen LogP contribution in [0.15, 0.2) is 61.2 Å². The molecule has 1 spiro atoms. The molecular formula is C27H29ClN2O6. The Kier molecular flexibility index (Phi) is 7.38. The second kappa shape index (κ2) is 10.3. The van der Waals surface area contributed by atoms with E-state index in [0.29, 0.717) is 37.6 Å². The molecule has 0 saturated carbocycles. The van der Waals surface area contributed by atoms with Gasteiger partial charge >= 0.3 is 12.1 Å². The summed E-state index contributed by atoms with van der Waals surface area (Å²) in [5.74, 6) is -1.67. The topological polar surface area (TPSA) is 96.4 Å². The number of carbonyl (C=O) groups is 3. The monoisotopic (exact) mass is 512 g/mol. The number of carboxylic acids is 1. The van der Waals surface area contributed by atoms with Gasteiger partial charge in [0.05, 0.1) is 12.2 Å². The molecule has 9 heteroatoms. The van der Waals surface area contributed by atoms with Crippen molar-refractivity contribution in [3.63, 3.8) is 0 Å². The molecule has 0 aromatic heterocycles. The summed E-state index contributed by atoms with van der Waals surface area (Å²) < 4.78 is 11.4. The highest BCUT2D eigenvalue weighted by molar-refractivity contribution is 6.30. The van der Waals surface area contributed by atoms with Crippen LogP contribution in [-0.4, -0.2) is 59.1 Å². The van der Waals surface area contributed by atoms with E-state index >= 15 is 0 Å². The number of ether oxygens (including phenoxy) is 2. The van der Waals surface area contributed by atoms with Crippen LogP contribution >= 0.6 is 11.6 Å². The minimum atomic E-state index is -1.87. The lowest BCUT2D eigenvalue weighted by atomic mass is 9.84. The summed E-state index contributed by atoms with van der Waals surface area (Å²) in [6, 6.07) is 14.2. The average Bonchev–Trinajstić information content (AvgIpc) is 3.24. The van der Waals surface area contributed by atoms with Crippen LogP contribution in [0.2, 0.25) is 5.02 Å². The molecule has 1 atom stereocenters. The SMILES string of the molecule is C=CCOC(=O)N(CC(=O)N1CCC2(CC1)OCc1ccccc12)[C@@](C)(C(=O)O)c1ccc(Cl)cc1. The lowest BCUT2D eigenvalue weighted by molar-refractivity contribution is -0.152. The first-order chi connectivity index (χ1) is 17.2. The zero-order chi connectivity index (χ0) is 25.9. The number of hydrogen-bond acceptors (Lipinski definition) is 5. The molecule has 1 fully saturated rings. The Labute approximate surface area is 215 Å². The molecule has 2 aliphatic rings. The summed E-state index contributed by atoms with van der Waals surface area (Å²) in [5.41, 5.74) is 0.315. The molecule has 1 N–H and O–H groups in total. The van der Waals surface area contributed by atoms with Gasteiger partial charge in [0.25, 0.3) is 0 Å². The first kappa shape index (κ1) is 25.7. The van der Waals surface area contributed by atoms with Crippen molar-refractivity contribution in [2.24, 2.45) is 0 Å². The average molecular weight is 513 g/mol. The smallest absolute Gasteiger partial charge is 0.411 e. The van der Waals surface area contributed by atoms with Crippen molar-refractivity contribution < 1.29 is 29.0 Å². The zero-order valence-corrected chi connectivity index (χ0v) is 20.9. The molecule has 2 aromatic carbocycles. The van der Waals surface area contributed by atoms with Crippen molar-refractivity contribution in [3.05, 3.63) is 82.9 Å². The third kappa shape index (κ3) is 4.70. The van der Waals surface area contributed by atoms with Crippen molar-refractivity contribution in [2.75, 3.05) is 26.2 Å². The summed E-state index contributed by atoms with van der Waals surface area (Å²) in [4.78, 5) is 41.5. The number of carbonyl (C=O) groups excluding carboxylic acids is 2. The number of likely N-dealkylation sites (tertiary alicyclic amines) is 1. The maximum Gasteiger partial charge on any atom is 0.411 e. The second-order valence-corrected chi connectivity index (χ2v) is 9.59. The molecule has 0 unspecified atom stereocenters. The maximum atomic E-state index is 13.4. The molecule has 2 aromatic rings. The highest BCUT2D eigenvalue weighted by Crippen LogP contribution is 2.44. The van der Waals surface area contributed by atoms with E-state index in [9.17, 15) is 19.5 Å². The minimum absolute atomic E-state index is 0.122. The summed E-state index contributed by atoms with van der Waals surface area (Å²) in [6.45, 7) is 5.71. The minimum Gasteiger partial charge on any atom is -0.479 e. The van der Waals surface area contributed by atoms with Gasteiger partial charge in [-0.05, 0) is 48.6 Å².